The van der Waals surface area contributed by atoms with Crippen molar-refractivity contribution in [1.29, 1.82) is 0 Å². The van der Waals surface area contributed by atoms with Crippen molar-refractivity contribution >= 4 is 0 Å². The Morgan fingerprint density at radius 3 is 2.71 bits per heavy atom. The summed E-state index contributed by atoms with van der Waals surface area (Å²) < 4.78 is 0. The van der Waals surface area contributed by atoms with Gasteiger partial charge in [-0.25, -0.2) is 0 Å². The molecule has 0 aromatic carbocycles. The van der Waals surface area contributed by atoms with Crippen molar-refractivity contribution in [1.82, 2.24) is 10.2 Å². The molecule has 2 atom stereocenters. The number of hydrogen-bond acceptors (Lipinski definition) is 3. The maximum Gasteiger partial charge on any atom is 0.0746 e. The van der Waals surface area contributed by atoms with Crippen molar-refractivity contribution in [2.75, 3.05) is 26.7 Å². The van der Waals surface area contributed by atoms with E-state index >= 15 is 0 Å². The highest BCUT2D eigenvalue weighted by Crippen LogP contribution is 2.16. The second kappa shape index (κ2) is 6.72. The van der Waals surface area contributed by atoms with Gasteiger partial charge in [-0.15, -0.1) is 0 Å². The number of hydrogen-bond donors (Lipinski definition) is 2. The van der Waals surface area contributed by atoms with Crippen LogP contribution >= 0.6 is 0 Å². The third-order valence-corrected chi connectivity index (χ3v) is 3.57. The molecule has 0 aliphatic carbocycles. The molecular formula is C14H30N2O. The minimum Gasteiger partial charge on any atom is -0.389 e. The topological polar surface area (TPSA) is 35.5 Å². The van der Waals surface area contributed by atoms with E-state index in [4.69, 9.17) is 0 Å². The van der Waals surface area contributed by atoms with Gasteiger partial charge in [0.25, 0.3) is 0 Å². The van der Waals surface area contributed by atoms with Gasteiger partial charge in [-0.2, -0.15) is 0 Å². The molecule has 0 spiro atoms. The van der Waals surface area contributed by atoms with E-state index in [0.29, 0.717) is 12.0 Å². The first kappa shape index (κ1) is 14.9. The average molecular weight is 242 g/mol. The van der Waals surface area contributed by atoms with Crippen LogP contribution in [0.15, 0.2) is 0 Å². The number of nitrogens with one attached hydrogen (secondary N) is 1. The van der Waals surface area contributed by atoms with Gasteiger partial charge in [0, 0.05) is 12.6 Å². The summed E-state index contributed by atoms with van der Waals surface area (Å²) in [5.74, 6) is 0.548. The molecule has 1 fully saturated rings. The largest absolute Gasteiger partial charge is 0.389 e. The molecule has 102 valence electrons. The van der Waals surface area contributed by atoms with Crippen LogP contribution in [-0.2, 0) is 0 Å². The summed E-state index contributed by atoms with van der Waals surface area (Å²) in [6, 6.07) is 0.582. The molecule has 2 unspecified atom stereocenters. The van der Waals surface area contributed by atoms with Gasteiger partial charge in [-0.1, -0.05) is 13.8 Å². The molecule has 0 bridgehead atoms. The summed E-state index contributed by atoms with van der Waals surface area (Å²) >= 11 is 0. The van der Waals surface area contributed by atoms with Gasteiger partial charge in [0.15, 0.2) is 0 Å². The molecule has 17 heavy (non-hydrogen) atoms. The number of nitrogens with zero attached hydrogens (tertiary/aromatic N) is 1. The van der Waals surface area contributed by atoms with E-state index in [1.165, 1.54) is 32.4 Å². The Labute approximate surface area is 107 Å². The molecule has 3 nitrogen and oxygen atoms in total. The van der Waals surface area contributed by atoms with E-state index in [9.17, 15) is 5.11 Å². The zero-order valence-corrected chi connectivity index (χ0v) is 12.0. The zero-order valence-electron chi connectivity index (χ0n) is 12.0. The molecule has 1 rings (SSSR count). The van der Waals surface area contributed by atoms with E-state index < -0.39 is 5.60 Å². The fraction of sp³-hybridized carbons (Fsp3) is 1.00. The average Bonchev–Trinajstić information content (AvgIpc) is 2.38. The zero-order chi connectivity index (χ0) is 12.9. The molecular weight excluding hydrogens is 212 g/mol. The monoisotopic (exact) mass is 242 g/mol. The molecule has 0 amide bonds. The molecule has 0 saturated carbocycles. The second-order valence-corrected chi connectivity index (χ2v) is 6.41. The molecule has 1 aliphatic heterocycles. The standard InChI is InChI=1S/C14H30N2O/c1-12(2)10-14(3,17)11-15-13-6-5-8-16(4)9-7-13/h12-13,15,17H,5-11H2,1-4H3. The van der Waals surface area contributed by atoms with Crippen LogP contribution in [0.25, 0.3) is 0 Å². The number of aliphatic hydroxyl groups is 1. The van der Waals surface area contributed by atoms with E-state index in [0.717, 1.165) is 13.0 Å². The van der Waals surface area contributed by atoms with Gasteiger partial charge in [-0.05, 0) is 58.7 Å². The van der Waals surface area contributed by atoms with Gasteiger partial charge in [-0.3, -0.25) is 0 Å². The van der Waals surface area contributed by atoms with Crippen molar-refractivity contribution in [2.45, 2.75) is 58.1 Å². The molecule has 0 aromatic rings. The molecule has 1 heterocycles. The normalized spacial score (nSPS) is 26.8. The number of likely N-dealkylation sites (tertiary alicyclic amines) is 1. The van der Waals surface area contributed by atoms with E-state index in [-0.39, 0.29) is 0 Å². The first-order valence-electron chi connectivity index (χ1n) is 7.03. The van der Waals surface area contributed by atoms with Crippen molar-refractivity contribution in [3.05, 3.63) is 0 Å². The van der Waals surface area contributed by atoms with Crippen molar-refractivity contribution < 1.29 is 5.11 Å². The highest BCUT2D eigenvalue weighted by atomic mass is 16.3. The smallest absolute Gasteiger partial charge is 0.0746 e. The van der Waals surface area contributed by atoms with E-state index in [2.05, 4.69) is 31.1 Å². The summed E-state index contributed by atoms with van der Waals surface area (Å²) in [5, 5.41) is 13.8. The van der Waals surface area contributed by atoms with Gasteiger partial charge < -0.3 is 15.3 Å². The summed E-state index contributed by atoms with van der Waals surface area (Å²) in [4.78, 5) is 2.40. The van der Waals surface area contributed by atoms with Crippen molar-refractivity contribution in [3.63, 3.8) is 0 Å². The lowest BCUT2D eigenvalue weighted by Gasteiger charge is -2.28. The van der Waals surface area contributed by atoms with E-state index in [1.54, 1.807) is 0 Å². The molecule has 3 heteroatoms. The van der Waals surface area contributed by atoms with E-state index in [1.807, 2.05) is 6.92 Å². The van der Waals surface area contributed by atoms with Crippen LogP contribution in [-0.4, -0.2) is 48.3 Å². The lowest BCUT2D eigenvalue weighted by Crippen LogP contribution is -2.43. The van der Waals surface area contributed by atoms with Crippen LogP contribution in [0.1, 0.15) is 46.5 Å². The SMILES string of the molecule is CC(C)CC(C)(O)CNC1CCCN(C)CC1. The van der Waals surface area contributed by atoms with Gasteiger partial charge in [0.2, 0.25) is 0 Å². The first-order valence-corrected chi connectivity index (χ1v) is 7.03. The Morgan fingerprint density at radius 2 is 2.06 bits per heavy atom. The molecule has 2 N–H and O–H groups in total. The molecule has 0 radical (unpaired) electrons. The van der Waals surface area contributed by atoms with Crippen LogP contribution < -0.4 is 5.32 Å². The second-order valence-electron chi connectivity index (χ2n) is 6.41. The summed E-state index contributed by atoms with van der Waals surface area (Å²) in [6.07, 6.45) is 4.57. The predicted molar refractivity (Wildman–Crippen MR) is 73.2 cm³/mol. The Bertz CT molecular complexity index is 216. The molecule has 0 aromatic heterocycles. The first-order chi connectivity index (χ1) is 7.89. The van der Waals surface area contributed by atoms with Crippen LogP contribution in [0.4, 0.5) is 0 Å². The van der Waals surface area contributed by atoms with Crippen LogP contribution in [0.2, 0.25) is 0 Å². The minimum absolute atomic E-state index is 0.548. The quantitative estimate of drug-likeness (QED) is 0.772. The van der Waals surface area contributed by atoms with Gasteiger partial charge in [0.1, 0.15) is 0 Å². The maximum absolute atomic E-state index is 10.3. The molecule has 1 aliphatic rings. The third kappa shape index (κ3) is 6.39. The lowest BCUT2D eigenvalue weighted by molar-refractivity contribution is 0.0354. The molecule has 1 saturated heterocycles. The minimum atomic E-state index is -0.563. The van der Waals surface area contributed by atoms with Crippen LogP contribution in [0.3, 0.4) is 0 Å². The highest BCUT2D eigenvalue weighted by Gasteiger charge is 2.23. The Morgan fingerprint density at radius 1 is 1.35 bits per heavy atom. The lowest BCUT2D eigenvalue weighted by atomic mass is 9.94. The third-order valence-electron chi connectivity index (χ3n) is 3.57. The number of rotatable bonds is 5. The van der Waals surface area contributed by atoms with Gasteiger partial charge in [0.05, 0.1) is 5.60 Å². The predicted octanol–water partition coefficient (Wildman–Crippen LogP) is 1.86. The highest BCUT2D eigenvalue weighted by molar-refractivity contribution is 4.81. The maximum atomic E-state index is 10.3. The Hall–Kier alpha value is -0.120. The summed E-state index contributed by atoms with van der Waals surface area (Å²) in [5.41, 5.74) is -0.563. The van der Waals surface area contributed by atoms with Crippen LogP contribution in [0.5, 0.6) is 0 Å². The fourth-order valence-electron chi connectivity index (χ4n) is 2.76. The van der Waals surface area contributed by atoms with Gasteiger partial charge >= 0.3 is 0 Å². The van der Waals surface area contributed by atoms with Crippen molar-refractivity contribution in [3.8, 4) is 0 Å². The van der Waals surface area contributed by atoms with Crippen molar-refractivity contribution in [2.24, 2.45) is 5.92 Å². The van der Waals surface area contributed by atoms with Crippen LogP contribution in [0, 0.1) is 5.92 Å². The summed E-state index contributed by atoms with van der Waals surface area (Å²) in [6.45, 7) is 9.37. The Kier molecular flexibility index (Phi) is 5.90. The summed E-state index contributed by atoms with van der Waals surface area (Å²) in [7, 11) is 2.19. The Balaban J connectivity index is 2.29. The fourth-order valence-corrected chi connectivity index (χ4v) is 2.76.